The fourth-order valence-corrected chi connectivity index (χ4v) is 2.90. The number of rotatable bonds is 4. The molecule has 0 aliphatic carbocycles. The molecule has 130 valence electrons. The van der Waals surface area contributed by atoms with Gasteiger partial charge in [-0.1, -0.05) is 12.1 Å². The number of hydrogen-bond donors (Lipinski definition) is 1. The van der Waals surface area contributed by atoms with Crippen LogP contribution in [-0.4, -0.2) is 49.0 Å². The summed E-state index contributed by atoms with van der Waals surface area (Å²) in [6.07, 6.45) is -4.63. The topological polar surface area (TPSA) is 67.1 Å². The zero-order valence-electron chi connectivity index (χ0n) is 12.5. The highest BCUT2D eigenvalue weighted by molar-refractivity contribution is 5.21. The van der Waals surface area contributed by atoms with Gasteiger partial charge in [-0.3, -0.25) is 4.90 Å². The van der Waals surface area contributed by atoms with E-state index in [1.165, 1.54) is 12.1 Å². The van der Waals surface area contributed by atoms with E-state index in [1.54, 1.807) is 17.0 Å². The number of aromatic nitrogens is 4. The summed E-state index contributed by atoms with van der Waals surface area (Å²) >= 11 is 0. The molecule has 0 amide bonds. The van der Waals surface area contributed by atoms with Crippen molar-refractivity contribution in [2.75, 3.05) is 6.54 Å². The Morgan fingerprint density at radius 3 is 2.58 bits per heavy atom. The quantitative estimate of drug-likeness (QED) is 0.854. The number of benzene rings is 1. The van der Waals surface area contributed by atoms with Gasteiger partial charge in [-0.2, -0.15) is 13.2 Å². The molecule has 1 aliphatic rings. The molecule has 2 heterocycles. The molecule has 1 aromatic carbocycles. The predicted octanol–water partition coefficient (Wildman–Crippen LogP) is 1.68. The molecule has 0 unspecified atom stereocenters. The summed E-state index contributed by atoms with van der Waals surface area (Å²) in [5.41, 5.74) is 0.780. The molecule has 2 atom stereocenters. The second-order valence-corrected chi connectivity index (χ2v) is 5.75. The number of β-amino-alcohol motifs (C(OH)–C–C–N with tert-alkyl or cyclic N) is 1. The van der Waals surface area contributed by atoms with Crippen molar-refractivity contribution < 1.29 is 22.7 Å². The number of likely N-dealkylation sites (tertiary alicyclic amines) is 1. The molecule has 0 bridgehead atoms. The first-order chi connectivity index (χ1) is 11.3. The molecule has 24 heavy (non-hydrogen) atoms. The summed E-state index contributed by atoms with van der Waals surface area (Å²) in [4.78, 5) is 1.79. The van der Waals surface area contributed by atoms with Gasteiger partial charge in [0.1, 0.15) is 12.4 Å². The average molecular weight is 345 g/mol. The van der Waals surface area contributed by atoms with E-state index < -0.39 is 18.8 Å². The Morgan fingerprint density at radius 1 is 1.21 bits per heavy atom. The Labute approximate surface area is 134 Å². The highest BCUT2D eigenvalue weighted by atomic mass is 19.4. The summed E-state index contributed by atoms with van der Waals surface area (Å²) in [7, 11) is 0. The zero-order chi connectivity index (χ0) is 17.3. The standard InChI is InChI=1S/C14H15F4N5O/c15-10-3-1-9(2-4-10)12-5-11(24)6-22(12)7-13-19-20-21-23(13)8-14(16,17)18/h1-4,11-12,24H,5-8H2/t11-,12-/m0/s1. The molecule has 1 saturated heterocycles. The van der Waals surface area contributed by atoms with E-state index in [2.05, 4.69) is 15.5 Å². The number of aliphatic hydroxyl groups is 1. The lowest BCUT2D eigenvalue weighted by molar-refractivity contribution is -0.143. The van der Waals surface area contributed by atoms with Crippen molar-refractivity contribution >= 4 is 0 Å². The van der Waals surface area contributed by atoms with Crippen LogP contribution in [0.25, 0.3) is 0 Å². The maximum atomic E-state index is 13.1. The van der Waals surface area contributed by atoms with Gasteiger partial charge in [0.25, 0.3) is 0 Å². The highest BCUT2D eigenvalue weighted by Crippen LogP contribution is 2.33. The molecular weight excluding hydrogens is 330 g/mol. The summed E-state index contributed by atoms with van der Waals surface area (Å²) in [5, 5.41) is 20.2. The Morgan fingerprint density at radius 2 is 1.92 bits per heavy atom. The second-order valence-electron chi connectivity index (χ2n) is 5.75. The van der Waals surface area contributed by atoms with Gasteiger partial charge in [-0.05, 0) is 34.5 Å². The first-order valence-corrected chi connectivity index (χ1v) is 7.31. The number of nitrogens with zero attached hydrogens (tertiary/aromatic N) is 5. The molecule has 1 fully saturated rings. The minimum Gasteiger partial charge on any atom is -0.392 e. The molecule has 0 spiro atoms. The summed E-state index contributed by atoms with van der Waals surface area (Å²) < 4.78 is 51.4. The largest absolute Gasteiger partial charge is 0.408 e. The maximum Gasteiger partial charge on any atom is 0.408 e. The van der Waals surface area contributed by atoms with Crippen molar-refractivity contribution in [1.82, 2.24) is 25.1 Å². The lowest BCUT2D eigenvalue weighted by Gasteiger charge is -2.24. The molecule has 1 aliphatic heterocycles. The van der Waals surface area contributed by atoms with Gasteiger partial charge in [0.2, 0.25) is 0 Å². The highest BCUT2D eigenvalue weighted by Gasteiger charge is 2.35. The van der Waals surface area contributed by atoms with Gasteiger partial charge in [0.05, 0.1) is 12.6 Å². The predicted molar refractivity (Wildman–Crippen MR) is 74.0 cm³/mol. The van der Waals surface area contributed by atoms with E-state index in [-0.39, 0.29) is 30.8 Å². The van der Waals surface area contributed by atoms with E-state index in [9.17, 15) is 22.7 Å². The average Bonchev–Trinajstić information content (AvgIpc) is 3.06. The smallest absolute Gasteiger partial charge is 0.392 e. The third-order valence-corrected chi connectivity index (χ3v) is 3.92. The third-order valence-electron chi connectivity index (χ3n) is 3.92. The lowest BCUT2D eigenvalue weighted by Crippen LogP contribution is -2.28. The van der Waals surface area contributed by atoms with E-state index in [4.69, 9.17) is 0 Å². The minimum absolute atomic E-state index is 0.0577. The van der Waals surface area contributed by atoms with Gasteiger partial charge < -0.3 is 5.11 Å². The van der Waals surface area contributed by atoms with Crippen LogP contribution >= 0.6 is 0 Å². The van der Waals surface area contributed by atoms with Crippen molar-refractivity contribution in [3.05, 3.63) is 41.5 Å². The van der Waals surface area contributed by atoms with Crippen molar-refractivity contribution in [2.45, 2.75) is 37.8 Å². The molecule has 2 aromatic rings. The zero-order valence-corrected chi connectivity index (χ0v) is 12.5. The van der Waals surface area contributed by atoms with Crippen LogP contribution in [0.2, 0.25) is 0 Å². The van der Waals surface area contributed by atoms with Gasteiger partial charge >= 0.3 is 6.18 Å². The van der Waals surface area contributed by atoms with E-state index in [1.807, 2.05) is 0 Å². The van der Waals surface area contributed by atoms with Crippen LogP contribution < -0.4 is 0 Å². The molecule has 0 radical (unpaired) electrons. The van der Waals surface area contributed by atoms with Crippen LogP contribution in [0.1, 0.15) is 23.9 Å². The Kier molecular flexibility index (Phi) is 4.50. The van der Waals surface area contributed by atoms with Crippen molar-refractivity contribution in [3.8, 4) is 0 Å². The molecule has 10 heteroatoms. The first kappa shape index (κ1) is 16.8. The molecule has 6 nitrogen and oxygen atoms in total. The van der Waals surface area contributed by atoms with Gasteiger partial charge in [-0.25, -0.2) is 9.07 Å². The van der Waals surface area contributed by atoms with Gasteiger partial charge in [-0.15, -0.1) is 5.10 Å². The van der Waals surface area contributed by atoms with E-state index in [0.717, 1.165) is 5.56 Å². The number of halogens is 4. The SMILES string of the molecule is O[C@H]1C[C@@H](c2ccc(F)cc2)N(Cc2nnnn2CC(F)(F)F)C1. The van der Waals surface area contributed by atoms with Crippen LogP contribution in [0.3, 0.4) is 0 Å². The van der Waals surface area contributed by atoms with Gasteiger partial charge in [0.15, 0.2) is 5.82 Å². The Balaban J connectivity index is 1.78. The van der Waals surface area contributed by atoms with Crippen LogP contribution in [0, 0.1) is 5.82 Å². The molecular formula is C14H15F4N5O. The van der Waals surface area contributed by atoms with Crippen LogP contribution in [0.15, 0.2) is 24.3 Å². The van der Waals surface area contributed by atoms with Crippen molar-refractivity contribution in [3.63, 3.8) is 0 Å². The van der Waals surface area contributed by atoms with Crippen molar-refractivity contribution in [2.24, 2.45) is 0 Å². The summed E-state index contributed by atoms with van der Waals surface area (Å²) in [5.74, 6) is -0.313. The van der Waals surface area contributed by atoms with Gasteiger partial charge in [0, 0.05) is 12.6 Å². The number of tetrazole rings is 1. The molecule has 1 aromatic heterocycles. The monoisotopic (exact) mass is 345 g/mol. The fraction of sp³-hybridized carbons (Fsp3) is 0.500. The van der Waals surface area contributed by atoms with E-state index >= 15 is 0 Å². The van der Waals surface area contributed by atoms with Crippen molar-refractivity contribution in [1.29, 1.82) is 0 Å². The fourth-order valence-electron chi connectivity index (χ4n) is 2.90. The number of hydrogen-bond acceptors (Lipinski definition) is 5. The lowest BCUT2D eigenvalue weighted by atomic mass is 10.0. The second kappa shape index (κ2) is 6.44. The third kappa shape index (κ3) is 3.88. The summed E-state index contributed by atoms with van der Waals surface area (Å²) in [6.45, 7) is -0.934. The Bertz CT molecular complexity index is 687. The molecule has 1 N–H and O–H groups in total. The molecule has 0 saturated carbocycles. The molecule has 3 rings (SSSR count). The first-order valence-electron chi connectivity index (χ1n) is 7.31. The van der Waals surface area contributed by atoms with Crippen LogP contribution in [0.4, 0.5) is 17.6 Å². The van der Waals surface area contributed by atoms with Crippen LogP contribution in [0.5, 0.6) is 0 Å². The Hall–Kier alpha value is -2.07. The number of aliphatic hydroxyl groups excluding tert-OH is 1. The minimum atomic E-state index is -4.43. The maximum absolute atomic E-state index is 13.1. The summed E-state index contributed by atoms with van der Waals surface area (Å²) in [6, 6.07) is 5.59. The number of alkyl halides is 3. The van der Waals surface area contributed by atoms with Crippen LogP contribution in [-0.2, 0) is 13.1 Å². The normalized spacial score (nSPS) is 22.2. The van der Waals surface area contributed by atoms with E-state index in [0.29, 0.717) is 11.1 Å².